The number of amides is 2. The molecular weight excluding hydrogens is 396 g/mol. The maximum Gasteiger partial charge on any atom is 0.317 e. The number of pyridine rings is 1. The van der Waals surface area contributed by atoms with E-state index in [2.05, 4.69) is 37.2 Å². The highest BCUT2D eigenvalue weighted by Gasteiger charge is 2.13. The number of furan rings is 1. The predicted octanol–water partition coefficient (Wildman–Crippen LogP) is 4.16. The van der Waals surface area contributed by atoms with Crippen molar-refractivity contribution in [1.82, 2.24) is 15.2 Å². The van der Waals surface area contributed by atoms with Crippen molar-refractivity contribution >= 4 is 27.8 Å². The lowest BCUT2D eigenvalue weighted by atomic mass is 10.2. The third-order valence-corrected chi connectivity index (χ3v) is 4.98. The number of anilines is 1. The van der Waals surface area contributed by atoms with E-state index in [9.17, 15) is 4.79 Å². The van der Waals surface area contributed by atoms with E-state index in [-0.39, 0.29) is 6.03 Å². The summed E-state index contributed by atoms with van der Waals surface area (Å²) in [5, 5.41) is 2.96. The lowest BCUT2D eigenvalue weighted by Crippen LogP contribution is -2.36. The molecule has 1 N–H and O–H groups in total. The minimum atomic E-state index is -0.134. The molecule has 6 nitrogen and oxygen atoms in total. The summed E-state index contributed by atoms with van der Waals surface area (Å²) in [6, 6.07) is 7.57. The zero-order chi connectivity index (χ0) is 18.4. The summed E-state index contributed by atoms with van der Waals surface area (Å²) in [5.41, 5.74) is 1.06. The topological polar surface area (TPSA) is 61.6 Å². The molecule has 3 rings (SSSR count). The molecule has 1 aliphatic heterocycles. The quantitative estimate of drug-likeness (QED) is 0.788. The highest BCUT2D eigenvalue weighted by Crippen LogP contribution is 2.18. The van der Waals surface area contributed by atoms with Crippen molar-refractivity contribution in [2.45, 2.75) is 38.8 Å². The molecule has 1 saturated heterocycles. The lowest BCUT2D eigenvalue weighted by molar-refractivity contribution is 0.202. The second-order valence-corrected chi connectivity index (χ2v) is 7.43. The molecule has 0 aromatic carbocycles. The average molecular weight is 421 g/mol. The first kappa shape index (κ1) is 18.8. The van der Waals surface area contributed by atoms with Crippen molar-refractivity contribution in [1.29, 1.82) is 0 Å². The summed E-state index contributed by atoms with van der Waals surface area (Å²) in [6.07, 6.45) is 6.86. The molecule has 0 atom stereocenters. The minimum absolute atomic E-state index is 0.134. The third-order valence-electron chi connectivity index (χ3n) is 4.55. The molecule has 2 amide bonds. The normalized spacial score (nSPS) is 14.8. The molecule has 3 heterocycles. The smallest absolute Gasteiger partial charge is 0.317 e. The Bertz CT molecular complexity index is 726. The summed E-state index contributed by atoms with van der Waals surface area (Å²) in [4.78, 5) is 20.8. The van der Waals surface area contributed by atoms with E-state index in [0.717, 1.165) is 30.2 Å². The molecule has 0 spiro atoms. The zero-order valence-corrected chi connectivity index (χ0v) is 16.7. The molecule has 0 saturated carbocycles. The molecule has 2 aromatic heterocycles. The SMILES string of the molecule is CN(Cc1ccc(Br)o1)C(=O)NCc1ccnc(N2CCCCCC2)c1. The van der Waals surface area contributed by atoms with Crippen molar-refractivity contribution in [3.8, 4) is 0 Å². The Morgan fingerprint density at radius 3 is 2.73 bits per heavy atom. The van der Waals surface area contributed by atoms with E-state index in [1.807, 2.05) is 24.4 Å². The van der Waals surface area contributed by atoms with Crippen LogP contribution in [0.5, 0.6) is 0 Å². The number of aromatic nitrogens is 1. The van der Waals surface area contributed by atoms with Gasteiger partial charge in [-0.3, -0.25) is 0 Å². The van der Waals surface area contributed by atoms with Gasteiger partial charge >= 0.3 is 6.03 Å². The van der Waals surface area contributed by atoms with Gasteiger partial charge in [-0.15, -0.1) is 0 Å². The van der Waals surface area contributed by atoms with Crippen LogP contribution in [0.15, 0.2) is 39.5 Å². The van der Waals surface area contributed by atoms with Gasteiger partial charge < -0.3 is 19.5 Å². The van der Waals surface area contributed by atoms with E-state index in [0.29, 0.717) is 17.8 Å². The number of nitrogens with one attached hydrogen (secondary N) is 1. The van der Waals surface area contributed by atoms with Crippen molar-refractivity contribution in [3.63, 3.8) is 0 Å². The predicted molar refractivity (Wildman–Crippen MR) is 105 cm³/mol. The highest BCUT2D eigenvalue weighted by atomic mass is 79.9. The van der Waals surface area contributed by atoms with Crippen LogP contribution in [0, 0.1) is 0 Å². The minimum Gasteiger partial charge on any atom is -0.452 e. The van der Waals surface area contributed by atoms with Crippen LogP contribution in [0.1, 0.15) is 37.0 Å². The average Bonchev–Trinajstić information content (AvgIpc) is 2.88. The fraction of sp³-hybridized carbons (Fsp3) is 0.474. The summed E-state index contributed by atoms with van der Waals surface area (Å²) in [7, 11) is 1.75. The number of carbonyl (C=O) groups excluding carboxylic acids is 1. The van der Waals surface area contributed by atoms with Crippen LogP contribution in [0.4, 0.5) is 10.6 Å². The van der Waals surface area contributed by atoms with Crippen LogP contribution < -0.4 is 10.2 Å². The van der Waals surface area contributed by atoms with Crippen LogP contribution in [0.25, 0.3) is 0 Å². The van der Waals surface area contributed by atoms with Gasteiger partial charge in [-0.25, -0.2) is 9.78 Å². The molecule has 0 unspecified atom stereocenters. The van der Waals surface area contributed by atoms with Crippen LogP contribution in [-0.2, 0) is 13.1 Å². The van der Waals surface area contributed by atoms with Gasteiger partial charge in [0.15, 0.2) is 4.67 Å². The first-order valence-corrected chi connectivity index (χ1v) is 9.84. The molecule has 0 bridgehead atoms. The fourth-order valence-electron chi connectivity index (χ4n) is 3.10. The maximum atomic E-state index is 12.3. The Hall–Kier alpha value is -2.02. The second kappa shape index (κ2) is 9.07. The molecule has 26 heavy (non-hydrogen) atoms. The Kier molecular flexibility index (Phi) is 6.55. The fourth-order valence-corrected chi connectivity index (χ4v) is 3.44. The standard InChI is InChI=1S/C19H25BrN4O2/c1-23(14-16-6-7-17(20)26-16)19(25)22-13-15-8-9-21-18(12-15)24-10-4-2-3-5-11-24/h6-9,12H,2-5,10-11,13-14H2,1H3,(H,22,25). The summed E-state index contributed by atoms with van der Waals surface area (Å²) in [6.45, 7) is 3.02. The van der Waals surface area contributed by atoms with Gasteiger partial charge in [0.25, 0.3) is 0 Å². The largest absolute Gasteiger partial charge is 0.452 e. The van der Waals surface area contributed by atoms with Crippen LogP contribution in [-0.4, -0.2) is 36.1 Å². The number of hydrogen-bond acceptors (Lipinski definition) is 4. The van der Waals surface area contributed by atoms with Gasteiger partial charge in [-0.1, -0.05) is 12.8 Å². The zero-order valence-electron chi connectivity index (χ0n) is 15.1. The van der Waals surface area contributed by atoms with Gasteiger partial charge in [0, 0.05) is 32.9 Å². The Labute approximate surface area is 162 Å². The number of nitrogens with zero attached hydrogens (tertiary/aromatic N) is 3. The van der Waals surface area contributed by atoms with Gasteiger partial charge in [-0.2, -0.15) is 0 Å². The van der Waals surface area contributed by atoms with Gasteiger partial charge in [0.05, 0.1) is 6.54 Å². The van der Waals surface area contributed by atoms with Crippen LogP contribution in [0.2, 0.25) is 0 Å². The maximum absolute atomic E-state index is 12.3. The van der Waals surface area contributed by atoms with E-state index in [1.54, 1.807) is 11.9 Å². The number of urea groups is 1. The molecule has 1 fully saturated rings. The lowest BCUT2D eigenvalue weighted by Gasteiger charge is -2.22. The second-order valence-electron chi connectivity index (χ2n) is 6.64. The molecular formula is C19H25BrN4O2. The summed E-state index contributed by atoms with van der Waals surface area (Å²) in [5.74, 6) is 1.74. The monoisotopic (exact) mass is 420 g/mol. The van der Waals surface area contributed by atoms with Gasteiger partial charge in [0.2, 0.25) is 0 Å². The Morgan fingerprint density at radius 1 is 1.27 bits per heavy atom. The van der Waals surface area contributed by atoms with Crippen molar-refractivity contribution in [3.05, 3.63) is 46.5 Å². The Morgan fingerprint density at radius 2 is 2.04 bits per heavy atom. The van der Waals surface area contributed by atoms with Crippen molar-refractivity contribution < 1.29 is 9.21 Å². The highest BCUT2D eigenvalue weighted by molar-refractivity contribution is 9.10. The first-order chi connectivity index (χ1) is 12.6. The number of rotatable bonds is 5. The van der Waals surface area contributed by atoms with Crippen LogP contribution in [0.3, 0.4) is 0 Å². The first-order valence-electron chi connectivity index (χ1n) is 9.05. The molecule has 2 aromatic rings. The molecule has 1 aliphatic rings. The van der Waals surface area contributed by atoms with Crippen molar-refractivity contribution in [2.24, 2.45) is 0 Å². The molecule has 0 aliphatic carbocycles. The van der Waals surface area contributed by atoms with Crippen LogP contribution >= 0.6 is 15.9 Å². The molecule has 7 heteroatoms. The Balaban J connectivity index is 1.53. The van der Waals surface area contributed by atoms with Gasteiger partial charge in [-0.05, 0) is 58.6 Å². The number of halogens is 1. The van der Waals surface area contributed by atoms with Gasteiger partial charge in [0.1, 0.15) is 11.6 Å². The number of hydrogen-bond donors (Lipinski definition) is 1. The van der Waals surface area contributed by atoms with E-state index in [4.69, 9.17) is 4.42 Å². The summed E-state index contributed by atoms with van der Waals surface area (Å²) < 4.78 is 6.11. The summed E-state index contributed by atoms with van der Waals surface area (Å²) >= 11 is 3.27. The third kappa shape index (κ3) is 5.24. The van der Waals surface area contributed by atoms with E-state index < -0.39 is 0 Å². The number of carbonyl (C=O) groups is 1. The molecule has 0 radical (unpaired) electrons. The van der Waals surface area contributed by atoms with Crippen molar-refractivity contribution in [2.75, 3.05) is 25.0 Å². The van der Waals surface area contributed by atoms with E-state index >= 15 is 0 Å². The molecule has 140 valence electrons. The van der Waals surface area contributed by atoms with E-state index in [1.165, 1.54) is 25.7 Å².